The first-order valence-electron chi connectivity index (χ1n) is 21.7. The summed E-state index contributed by atoms with van der Waals surface area (Å²) >= 11 is 0. The van der Waals surface area contributed by atoms with Gasteiger partial charge in [0.2, 0.25) is 0 Å². The van der Waals surface area contributed by atoms with Crippen LogP contribution in [0.1, 0.15) is 61.8 Å². The van der Waals surface area contributed by atoms with Crippen molar-refractivity contribution in [3.63, 3.8) is 0 Å². The number of hydrogen-bond donors (Lipinski definition) is 0. The molecule has 306 valence electrons. The molecule has 0 saturated heterocycles. The Hall–Kier alpha value is -8.32. The lowest BCUT2D eigenvalue weighted by molar-refractivity contribution is 0.666. The van der Waals surface area contributed by atoms with Crippen molar-refractivity contribution in [3.05, 3.63) is 192 Å². The van der Waals surface area contributed by atoms with Crippen molar-refractivity contribution in [1.29, 1.82) is 10.5 Å². The molecule has 0 radical (unpaired) electrons. The van der Waals surface area contributed by atoms with Crippen LogP contribution in [-0.2, 0) is 0 Å². The van der Waals surface area contributed by atoms with Crippen LogP contribution >= 0.6 is 0 Å². The fourth-order valence-electron chi connectivity index (χ4n) is 9.20. The highest BCUT2D eigenvalue weighted by molar-refractivity contribution is 6.27. The van der Waals surface area contributed by atoms with E-state index in [0.717, 1.165) is 99.5 Å². The fourth-order valence-corrected chi connectivity index (χ4v) is 9.20. The number of rotatable bonds is 8. The van der Waals surface area contributed by atoms with Crippen LogP contribution in [-0.4, -0.2) is 0 Å². The molecule has 2 aromatic heterocycles. The summed E-state index contributed by atoms with van der Waals surface area (Å²) in [4.78, 5) is 4.46. The normalized spacial score (nSPS) is 11.7. The van der Waals surface area contributed by atoms with Gasteiger partial charge in [-0.1, -0.05) is 64.1 Å². The van der Waals surface area contributed by atoms with E-state index in [1.807, 2.05) is 48.5 Å². The van der Waals surface area contributed by atoms with Gasteiger partial charge in [0.1, 0.15) is 22.3 Å². The molecule has 0 atom stereocenters. The third-order valence-electron chi connectivity index (χ3n) is 12.7. The van der Waals surface area contributed by atoms with Gasteiger partial charge >= 0.3 is 0 Å². The topological polar surface area (TPSA) is 80.3 Å². The van der Waals surface area contributed by atoms with Crippen molar-refractivity contribution in [3.8, 4) is 12.1 Å². The average molecular weight is 827 g/mol. The number of nitrogens with zero attached hydrogens (tertiary/aromatic N) is 4. The smallest absolute Gasteiger partial charge is 0.147 e. The predicted octanol–water partition coefficient (Wildman–Crippen LogP) is 16.7. The van der Waals surface area contributed by atoms with E-state index in [4.69, 9.17) is 8.83 Å². The molecule has 0 aliphatic heterocycles. The van der Waals surface area contributed by atoms with Crippen LogP contribution in [0.5, 0.6) is 0 Å². The second-order valence-corrected chi connectivity index (χ2v) is 17.2. The summed E-state index contributed by atoms with van der Waals surface area (Å²) < 4.78 is 13.7. The van der Waals surface area contributed by atoms with Crippen LogP contribution in [0, 0.1) is 22.7 Å². The van der Waals surface area contributed by atoms with Crippen molar-refractivity contribution in [1.82, 2.24) is 0 Å². The maximum absolute atomic E-state index is 9.52. The zero-order chi connectivity index (χ0) is 43.6. The van der Waals surface area contributed by atoms with Crippen LogP contribution < -0.4 is 9.80 Å². The zero-order valence-electron chi connectivity index (χ0n) is 35.9. The highest BCUT2D eigenvalue weighted by Gasteiger charge is 2.21. The van der Waals surface area contributed by atoms with E-state index in [1.165, 1.54) is 11.1 Å². The molecule has 0 fully saturated rings. The Kier molecular flexibility index (Phi) is 9.19. The van der Waals surface area contributed by atoms with E-state index in [2.05, 4.69) is 171 Å². The summed E-state index contributed by atoms with van der Waals surface area (Å²) in [7, 11) is 0. The molecule has 0 aliphatic carbocycles. The molecule has 0 aliphatic rings. The Labute approximate surface area is 371 Å². The summed E-state index contributed by atoms with van der Waals surface area (Å²) in [5, 5.41) is 27.2. The van der Waals surface area contributed by atoms with Crippen LogP contribution in [0.2, 0.25) is 0 Å². The van der Waals surface area contributed by atoms with Crippen LogP contribution in [0.4, 0.5) is 34.1 Å². The molecule has 6 nitrogen and oxygen atoms in total. The Balaban J connectivity index is 1.01. The van der Waals surface area contributed by atoms with Gasteiger partial charge < -0.3 is 18.6 Å². The summed E-state index contributed by atoms with van der Waals surface area (Å²) in [6.45, 7) is 8.81. The molecule has 11 rings (SSSR count). The molecule has 11 aromatic rings. The van der Waals surface area contributed by atoms with Crippen molar-refractivity contribution >= 4 is 99.5 Å². The first-order chi connectivity index (χ1) is 31.3. The lowest BCUT2D eigenvalue weighted by Gasteiger charge is -2.26. The van der Waals surface area contributed by atoms with E-state index in [9.17, 15) is 10.5 Å². The molecular weight excluding hydrogens is 785 g/mol. The molecule has 9 aromatic carbocycles. The standard InChI is InChI=1S/C58H42N4O2/c1-35(2)39-9-19-45(20-10-39)61(43-15-5-37(33-59)6-16-43)47-23-27-49-41(31-47)13-25-51-52-29-30-54-55(58(52)64-56(49)51)53-26-14-42-32-48(24-28-50(42)57(53)63-54)62(44-17-7-38(34-60)8-18-44)46-21-11-40(12-22-46)36(3)4/h5-32,35-36H,1-4H3. The van der Waals surface area contributed by atoms with Crippen molar-refractivity contribution in [2.75, 3.05) is 9.80 Å². The summed E-state index contributed by atoms with van der Waals surface area (Å²) in [6, 6.07) is 63.2. The van der Waals surface area contributed by atoms with E-state index >= 15 is 0 Å². The minimum atomic E-state index is 0.426. The minimum Gasteiger partial charge on any atom is -0.455 e. The van der Waals surface area contributed by atoms with Gasteiger partial charge in [-0.25, -0.2) is 0 Å². The van der Waals surface area contributed by atoms with Gasteiger partial charge in [-0.3, -0.25) is 0 Å². The number of benzene rings is 9. The Morgan fingerprint density at radius 2 is 0.750 bits per heavy atom. The zero-order valence-corrected chi connectivity index (χ0v) is 35.9. The van der Waals surface area contributed by atoms with Crippen molar-refractivity contribution < 1.29 is 8.83 Å². The molecule has 0 unspecified atom stereocenters. The molecule has 0 amide bonds. The highest BCUT2D eigenvalue weighted by atomic mass is 16.3. The van der Waals surface area contributed by atoms with E-state index in [1.54, 1.807) is 0 Å². The molecule has 64 heavy (non-hydrogen) atoms. The average Bonchev–Trinajstić information content (AvgIpc) is 3.91. The van der Waals surface area contributed by atoms with Gasteiger partial charge in [-0.05, 0) is 167 Å². The highest BCUT2D eigenvalue weighted by Crippen LogP contribution is 2.45. The number of nitriles is 2. The van der Waals surface area contributed by atoms with Gasteiger partial charge in [-0.2, -0.15) is 10.5 Å². The predicted molar refractivity (Wildman–Crippen MR) is 263 cm³/mol. The van der Waals surface area contributed by atoms with E-state index in [0.29, 0.717) is 23.0 Å². The maximum atomic E-state index is 9.52. The van der Waals surface area contributed by atoms with Gasteiger partial charge in [0.15, 0.2) is 0 Å². The van der Waals surface area contributed by atoms with E-state index in [-0.39, 0.29) is 0 Å². The molecule has 6 heteroatoms. The number of anilines is 6. The molecule has 2 heterocycles. The second kappa shape index (κ2) is 15.2. The lowest BCUT2D eigenvalue weighted by atomic mass is 10.0. The lowest BCUT2D eigenvalue weighted by Crippen LogP contribution is -2.10. The van der Waals surface area contributed by atoms with Gasteiger partial charge in [0.05, 0.1) is 28.7 Å². The van der Waals surface area contributed by atoms with Crippen molar-refractivity contribution in [2.24, 2.45) is 0 Å². The molecular formula is C58H42N4O2. The van der Waals surface area contributed by atoms with Crippen LogP contribution in [0.25, 0.3) is 65.4 Å². The SMILES string of the molecule is CC(C)c1ccc(N(c2ccc(C#N)cc2)c2ccc3c(ccc4c5ccc6oc7c8ccc(N(c9ccc(C#N)cc9)c9ccc(C(C)C)cc9)cc8ccc7c6c5oc34)c2)cc1. The maximum Gasteiger partial charge on any atom is 0.147 e. The summed E-state index contributed by atoms with van der Waals surface area (Å²) in [5.74, 6) is 0.852. The summed E-state index contributed by atoms with van der Waals surface area (Å²) in [6.07, 6.45) is 0. The second-order valence-electron chi connectivity index (χ2n) is 17.2. The molecule has 0 bridgehead atoms. The third kappa shape index (κ3) is 6.39. The monoisotopic (exact) mass is 826 g/mol. The van der Waals surface area contributed by atoms with Crippen molar-refractivity contribution in [2.45, 2.75) is 39.5 Å². The molecule has 0 saturated carbocycles. The van der Waals surface area contributed by atoms with Crippen LogP contribution in [0.15, 0.2) is 179 Å². The number of furan rings is 2. The van der Waals surface area contributed by atoms with Gasteiger partial charge in [0.25, 0.3) is 0 Å². The first kappa shape index (κ1) is 38.6. The Morgan fingerprint density at radius 3 is 1.20 bits per heavy atom. The minimum absolute atomic E-state index is 0.426. The molecule has 0 N–H and O–H groups in total. The van der Waals surface area contributed by atoms with Crippen LogP contribution in [0.3, 0.4) is 0 Å². The Bertz CT molecular complexity index is 3680. The first-order valence-corrected chi connectivity index (χ1v) is 21.7. The van der Waals surface area contributed by atoms with Gasteiger partial charge in [-0.15, -0.1) is 0 Å². The number of hydrogen-bond acceptors (Lipinski definition) is 6. The van der Waals surface area contributed by atoms with E-state index < -0.39 is 0 Å². The largest absolute Gasteiger partial charge is 0.455 e. The third-order valence-corrected chi connectivity index (χ3v) is 12.7. The number of fused-ring (bicyclic) bond motifs is 11. The van der Waals surface area contributed by atoms with Gasteiger partial charge in [0, 0.05) is 61.1 Å². The summed E-state index contributed by atoms with van der Waals surface area (Å²) in [5.41, 5.74) is 13.1. The Morgan fingerprint density at radius 1 is 0.375 bits per heavy atom. The molecule has 0 spiro atoms. The quantitative estimate of drug-likeness (QED) is 0.152. The fraction of sp³-hybridized carbons (Fsp3) is 0.103.